The summed E-state index contributed by atoms with van der Waals surface area (Å²) in [6.07, 6.45) is -9.52. The Morgan fingerprint density at radius 2 is 1.56 bits per heavy atom. The fraction of sp³-hybridized carbons (Fsp3) is 0.822. The summed E-state index contributed by atoms with van der Waals surface area (Å²) in [6, 6.07) is 9.22. The summed E-state index contributed by atoms with van der Waals surface area (Å²) in [5, 5.41) is 64.0. The minimum Gasteiger partial charge on any atom is -0.459 e. The summed E-state index contributed by atoms with van der Waals surface area (Å²) in [7, 11) is 5.23. The van der Waals surface area contributed by atoms with Crippen molar-refractivity contribution in [2.24, 2.45) is 28.8 Å². The number of methoxy groups -OCH3 is 1. The average molecular weight is 869 g/mol. The van der Waals surface area contributed by atoms with Crippen molar-refractivity contribution in [2.75, 3.05) is 28.0 Å². The molecule has 61 heavy (non-hydrogen) atoms. The van der Waals surface area contributed by atoms with E-state index in [1.807, 2.05) is 63.2 Å². The van der Waals surface area contributed by atoms with Crippen LogP contribution in [0, 0.1) is 23.7 Å². The number of carbonyl (C=O) groups excluding carboxylic acids is 1. The lowest BCUT2D eigenvalue weighted by molar-refractivity contribution is -0.317. The topological polar surface area (TPSA) is 208 Å². The molecule has 16 nitrogen and oxygen atoms in total. The maximum absolute atomic E-state index is 14.4. The number of hydrogen-bond donors (Lipinski definition) is 5. The van der Waals surface area contributed by atoms with E-state index in [1.54, 1.807) is 48.5 Å². The van der Waals surface area contributed by atoms with Crippen LogP contribution in [0.5, 0.6) is 0 Å². The second-order valence-electron chi connectivity index (χ2n) is 18.7. The summed E-state index contributed by atoms with van der Waals surface area (Å²) in [5.74, 6) is -4.15. The predicted octanol–water partition coefficient (Wildman–Crippen LogP) is 3.76. The minimum absolute atomic E-state index is 0.0303. The molecule has 0 unspecified atom stereocenters. The average Bonchev–Trinajstić information content (AvgIpc) is 3.20. The quantitative estimate of drug-likeness (QED) is 0.0878. The van der Waals surface area contributed by atoms with E-state index in [0.29, 0.717) is 12.1 Å². The van der Waals surface area contributed by atoms with Gasteiger partial charge in [-0.25, -0.2) is 0 Å². The third-order valence-corrected chi connectivity index (χ3v) is 13.3. The molecule has 0 radical (unpaired) electrons. The Morgan fingerprint density at radius 3 is 2.16 bits per heavy atom. The minimum atomic E-state index is -1.97. The van der Waals surface area contributed by atoms with Crippen LogP contribution >= 0.6 is 0 Å². The van der Waals surface area contributed by atoms with Gasteiger partial charge in [-0.3, -0.25) is 4.79 Å². The van der Waals surface area contributed by atoms with Crippen LogP contribution in [0.4, 0.5) is 0 Å². The van der Waals surface area contributed by atoms with Gasteiger partial charge in [0.2, 0.25) is 6.79 Å². The second kappa shape index (κ2) is 21.6. The highest BCUT2D eigenvalue weighted by molar-refractivity contribution is 5.88. The second-order valence-corrected chi connectivity index (χ2v) is 18.7. The highest BCUT2D eigenvalue weighted by atomic mass is 16.7. The number of aliphatic hydroxyl groups is 5. The summed E-state index contributed by atoms with van der Waals surface area (Å²) < 4.78 is 43.5. The Balaban J connectivity index is 1.82. The molecule has 18 atom stereocenters. The molecule has 1 aromatic carbocycles. The number of benzene rings is 1. The molecule has 0 spiro atoms. The standard InChI is InChI=1S/C45H76N2O14/c1-14-33-45(10,53)38(49)27(4)35(46-56-24-55-23-31-18-16-15-17-19-31)25(2)21-43(8,52)40(61-42-36(48)32(47(11)12)20-26(3)57-42)28(5)37(29(6)41(51)59-33)60-34-22-44(9,54-13)39(50)30(7)58-34/h15-19,25-30,32-34,36-40,42,48-50,52-53H,14,20-24H2,1-13H3/b46-35+/t25-,26-,27-,28+,29-,30+,32+,33+,34+,36-,37-,38-,39+,40-,42+,43+,44-,45-/m1/s1. The van der Waals surface area contributed by atoms with Crippen LogP contribution in [0.15, 0.2) is 35.5 Å². The molecule has 3 saturated heterocycles. The first-order valence-electron chi connectivity index (χ1n) is 21.8. The number of likely N-dealkylation sites (N-methyl/N-ethyl adjacent to an activating group) is 1. The van der Waals surface area contributed by atoms with E-state index in [9.17, 15) is 30.3 Å². The molecule has 3 aliphatic heterocycles. The van der Waals surface area contributed by atoms with Crippen molar-refractivity contribution >= 4 is 11.7 Å². The maximum Gasteiger partial charge on any atom is 0.311 e. The molecule has 0 amide bonds. The van der Waals surface area contributed by atoms with Gasteiger partial charge in [-0.05, 0) is 80.5 Å². The third-order valence-electron chi connectivity index (χ3n) is 13.3. The molecule has 3 aliphatic rings. The Labute approximate surface area is 362 Å². The third kappa shape index (κ3) is 12.3. The molecule has 1 aromatic rings. The molecule has 0 aliphatic carbocycles. The van der Waals surface area contributed by atoms with Crippen LogP contribution < -0.4 is 0 Å². The predicted molar refractivity (Wildman–Crippen MR) is 226 cm³/mol. The summed E-state index contributed by atoms with van der Waals surface area (Å²) in [6.45, 7) is 17.1. The molecule has 0 saturated carbocycles. The lowest BCUT2D eigenvalue weighted by Crippen LogP contribution is -2.61. The molecule has 5 N–H and O–H groups in total. The Bertz CT molecular complexity index is 1550. The maximum atomic E-state index is 14.4. The van der Waals surface area contributed by atoms with Crippen LogP contribution in [0.1, 0.15) is 100 Å². The van der Waals surface area contributed by atoms with Gasteiger partial charge in [0.15, 0.2) is 12.6 Å². The number of esters is 1. The lowest BCUT2D eigenvalue weighted by Gasteiger charge is -2.49. The molecular weight excluding hydrogens is 792 g/mol. The highest BCUT2D eigenvalue weighted by Gasteiger charge is 2.53. The molecule has 0 aromatic heterocycles. The molecule has 0 bridgehead atoms. The van der Waals surface area contributed by atoms with Crippen molar-refractivity contribution in [1.29, 1.82) is 0 Å². The highest BCUT2D eigenvalue weighted by Crippen LogP contribution is 2.41. The first-order chi connectivity index (χ1) is 28.5. The number of aliphatic hydroxyl groups excluding tert-OH is 3. The zero-order valence-corrected chi connectivity index (χ0v) is 38.6. The molecule has 3 heterocycles. The van der Waals surface area contributed by atoms with E-state index in [1.165, 1.54) is 14.0 Å². The van der Waals surface area contributed by atoms with Gasteiger partial charge in [0.1, 0.15) is 23.9 Å². The largest absolute Gasteiger partial charge is 0.459 e. The molecular formula is C45H76N2O14. The zero-order chi connectivity index (χ0) is 45.6. The Hall–Kier alpha value is -2.32. The Kier molecular flexibility index (Phi) is 18.1. The first-order valence-corrected chi connectivity index (χ1v) is 21.8. The normalized spacial score (nSPS) is 44.1. The van der Waals surface area contributed by atoms with Gasteiger partial charge in [-0.15, -0.1) is 0 Å². The van der Waals surface area contributed by atoms with Crippen LogP contribution in [0.25, 0.3) is 0 Å². The van der Waals surface area contributed by atoms with Gasteiger partial charge in [0, 0.05) is 37.3 Å². The van der Waals surface area contributed by atoms with Crippen molar-refractivity contribution in [3.05, 3.63) is 35.9 Å². The summed E-state index contributed by atoms with van der Waals surface area (Å²) >= 11 is 0. The van der Waals surface area contributed by atoms with Crippen LogP contribution in [-0.4, -0.2) is 154 Å². The Morgan fingerprint density at radius 1 is 0.902 bits per heavy atom. The summed E-state index contributed by atoms with van der Waals surface area (Å²) in [4.78, 5) is 22.0. The van der Waals surface area contributed by atoms with Crippen molar-refractivity contribution in [1.82, 2.24) is 4.90 Å². The smallest absolute Gasteiger partial charge is 0.311 e. The van der Waals surface area contributed by atoms with Crippen LogP contribution in [0.2, 0.25) is 0 Å². The van der Waals surface area contributed by atoms with E-state index in [4.69, 9.17) is 38.0 Å². The number of rotatable bonds is 12. The summed E-state index contributed by atoms with van der Waals surface area (Å²) in [5.41, 5.74) is -3.56. The van der Waals surface area contributed by atoms with E-state index in [0.717, 1.165) is 5.56 Å². The van der Waals surface area contributed by atoms with Crippen molar-refractivity contribution in [2.45, 2.75) is 186 Å². The van der Waals surface area contributed by atoms with Crippen molar-refractivity contribution in [3.8, 4) is 0 Å². The van der Waals surface area contributed by atoms with Crippen LogP contribution in [0.3, 0.4) is 0 Å². The fourth-order valence-corrected chi connectivity index (χ4v) is 9.47. The zero-order valence-electron chi connectivity index (χ0n) is 38.6. The van der Waals surface area contributed by atoms with Gasteiger partial charge in [0.25, 0.3) is 0 Å². The molecule has 350 valence electrons. The number of oxime groups is 1. The monoisotopic (exact) mass is 869 g/mol. The number of carbonyl (C=O) groups is 1. The first kappa shape index (κ1) is 51.3. The molecule has 4 rings (SSSR count). The molecule has 3 fully saturated rings. The van der Waals surface area contributed by atoms with E-state index in [2.05, 4.69) is 5.16 Å². The van der Waals surface area contributed by atoms with Crippen molar-refractivity contribution in [3.63, 3.8) is 0 Å². The van der Waals surface area contributed by atoms with E-state index < -0.39 is 102 Å². The number of hydrogen-bond acceptors (Lipinski definition) is 16. The SMILES string of the molecule is CC[C@@H]1OC(=O)[C@H](C)[C@H](O[C@H]2C[C@@](C)(OC)[C@@H](O)[C@H](C)O2)[C@H](C)[C@@H](O[C@@H]2O[C@H](C)C[C@H](N(C)C)[C@H]2O)[C@@](C)(O)C[C@@H](C)/C(=N\OCOCc2ccccc2)[C@@H](C)[C@@H](O)[C@]1(C)O. The van der Waals surface area contributed by atoms with E-state index >= 15 is 0 Å². The number of cyclic esters (lactones) is 1. The van der Waals surface area contributed by atoms with Gasteiger partial charge in [-0.1, -0.05) is 63.2 Å². The number of ether oxygens (including phenoxy) is 7. The van der Waals surface area contributed by atoms with Gasteiger partial charge >= 0.3 is 5.97 Å². The lowest BCUT2D eigenvalue weighted by atomic mass is 9.73. The van der Waals surface area contributed by atoms with Crippen LogP contribution in [-0.2, 0) is 49.4 Å². The van der Waals surface area contributed by atoms with Gasteiger partial charge in [0.05, 0.1) is 60.0 Å². The van der Waals surface area contributed by atoms with Crippen molar-refractivity contribution < 1.29 is 68.3 Å². The van der Waals surface area contributed by atoms with E-state index in [-0.39, 0.29) is 44.8 Å². The van der Waals surface area contributed by atoms with Gasteiger partial charge in [-0.2, -0.15) is 0 Å². The fourth-order valence-electron chi connectivity index (χ4n) is 9.47. The van der Waals surface area contributed by atoms with Gasteiger partial charge < -0.3 is 68.4 Å². The molecule has 16 heteroatoms. The number of nitrogens with zero attached hydrogens (tertiary/aromatic N) is 2.